The van der Waals surface area contributed by atoms with Gasteiger partial charge in [-0.3, -0.25) is 4.79 Å². The van der Waals surface area contributed by atoms with Crippen LogP contribution in [-0.4, -0.2) is 43.1 Å². The quantitative estimate of drug-likeness (QED) is 0.408. The SMILES string of the molecule is C=C(C)C(=O)OCC(C)(C)COC(=O)C([O-])(C(F)(F)F)C(F)(F)F. The van der Waals surface area contributed by atoms with Crippen LogP contribution in [0, 0.1) is 5.41 Å². The molecule has 0 heterocycles. The Morgan fingerprint density at radius 1 is 0.958 bits per heavy atom. The van der Waals surface area contributed by atoms with Gasteiger partial charge in [0.15, 0.2) is 5.60 Å². The molecule has 0 aromatic rings. The van der Waals surface area contributed by atoms with Gasteiger partial charge in [-0.25, -0.2) is 4.79 Å². The molecule has 0 unspecified atom stereocenters. The Morgan fingerprint density at radius 3 is 1.67 bits per heavy atom. The summed E-state index contributed by atoms with van der Waals surface area (Å²) in [5, 5.41) is 11.1. The summed E-state index contributed by atoms with van der Waals surface area (Å²) in [4.78, 5) is 22.3. The fraction of sp³-hybridized carbons (Fsp3) is 0.692. The molecule has 0 aromatic heterocycles. The zero-order valence-corrected chi connectivity index (χ0v) is 12.9. The molecule has 0 bridgehead atoms. The summed E-state index contributed by atoms with van der Waals surface area (Å²) in [5.41, 5.74) is -7.22. The number of carbonyl (C=O) groups excluding carboxylic acids is 2. The fourth-order valence-electron chi connectivity index (χ4n) is 1.18. The molecule has 0 amide bonds. The van der Waals surface area contributed by atoms with Crippen molar-refractivity contribution in [2.75, 3.05) is 13.2 Å². The molecule has 0 spiro atoms. The lowest BCUT2D eigenvalue weighted by molar-refractivity contribution is -0.574. The summed E-state index contributed by atoms with van der Waals surface area (Å²) in [7, 11) is 0. The summed E-state index contributed by atoms with van der Waals surface area (Å²) < 4.78 is 83.0. The molecule has 0 aliphatic carbocycles. The predicted octanol–water partition coefficient (Wildman–Crippen LogP) is 1.90. The van der Waals surface area contributed by atoms with Gasteiger partial charge >= 0.3 is 24.3 Å². The number of halogens is 6. The van der Waals surface area contributed by atoms with Crippen molar-refractivity contribution >= 4 is 11.9 Å². The fourth-order valence-corrected chi connectivity index (χ4v) is 1.18. The first kappa shape index (κ1) is 22.2. The smallest absolute Gasteiger partial charge is 0.399 e. The van der Waals surface area contributed by atoms with Gasteiger partial charge < -0.3 is 14.6 Å². The summed E-state index contributed by atoms with van der Waals surface area (Å²) >= 11 is 0. The van der Waals surface area contributed by atoms with Gasteiger partial charge in [-0.15, -0.1) is 0 Å². The number of alkyl halides is 6. The van der Waals surface area contributed by atoms with E-state index in [0.717, 1.165) is 0 Å². The maximum atomic E-state index is 12.4. The number of hydrogen-bond donors (Lipinski definition) is 0. The molecule has 0 N–H and O–H groups in total. The van der Waals surface area contributed by atoms with Gasteiger partial charge in [0.1, 0.15) is 0 Å². The molecule has 0 saturated heterocycles. The third-order valence-electron chi connectivity index (χ3n) is 2.62. The van der Waals surface area contributed by atoms with Crippen LogP contribution in [0.15, 0.2) is 12.2 Å². The maximum Gasteiger partial charge on any atom is 0.399 e. The minimum Gasteiger partial charge on any atom is -0.828 e. The lowest BCUT2D eigenvalue weighted by atomic mass is 9.96. The number of carbonyl (C=O) groups is 2. The highest BCUT2D eigenvalue weighted by atomic mass is 19.4. The van der Waals surface area contributed by atoms with Crippen LogP contribution >= 0.6 is 0 Å². The molecule has 0 fully saturated rings. The lowest BCUT2D eigenvalue weighted by Crippen LogP contribution is -2.71. The first-order valence-corrected chi connectivity index (χ1v) is 6.29. The first-order valence-electron chi connectivity index (χ1n) is 6.29. The van der Waals surface area contributed by atoms with E-state index in [4.69, 9.17) is 0 Å². The van der Waals surface area contributed by atoms with E-state index in [1.54, 1.807) is 0 Å². The van der Waals surface area contributed by atoms with E-state index < -0.39 is 48.5 Å². The second-order valence-corrected chi connectivity index (χ2v) is 5.77. The average molecular weight is 365 g/mol. The number of hydrogen-bond acceptors (Lipinski definition) is 5. The van der Waals surface area contributed by atoms with Gasteiger partial charge in [-0.05, 0) is 6.92 Å². The molecular formula is C13H15F6O5-. The Balaban J connectivity index is 5.04. The molecule has 24 heavy (non-hydrogen) atoms. The predicted molar refractivity (Wildman–Crippen MR) is 65.4 cm³/mol. The summed E-state index contributed by atoms with van der Waals surface area (Å²) in [5.74, 6) is -3.88. The van der Waals surface area contributed by atoms with Crippen LogP contribution in [0.3, 0.4) is 0 Å². The van der Waals surface area contributed by atoms with Crippen molar-refractivity contribution in [1.29, 1.82) is 0 Å². The topological polar surface area (TPSA) is 75.7 Å². The zero-order valence-electron chi connectivity index (χ0n) is 12.9. The van der Waals surface area contributed by atoms with E-state index in [-0.39, 0.29) is 5.57 Å². The van der Waals surface area contributed by atoms with Crippen molar-refractivity contribution in [3.05, 3.63) is 12.2 Å². The highest BCUT2D eigenvalue weighted by molar-refractivity contribution is 5.86. The summed E-state index contributed by atoms with van der Waals surface area (Å²) in [6, 6.07) is 0. The molecule has 0 atom stereocenters. The third-order valence-corrected chi connectivity index (χ3v) is 2.62. The number of ether oxygens (including phenoxy) is 2. The second-order valence-electron chi connectivity index (χ2n) is 5.77. The van der Waals surface area contributed by atoms with E-state index in [1.807, 2.05) is 0 Å². The summed E-state index contributed by atoms with van der Waals surface area (Å²) in [6.45, 7) is 5.55. The zero-order chi connectivity index (χ0) is 19.6. The standard InChI is InChI=1S/C13H15F6O5/c1-7(2)8(20)23-5-10(3,4)6-24-9(21)11(22,12(14,15)16)13(17,18)19/h1,5-6H2,2-4H3/q-1. The third kappa shape index (κ3) is 5.11. The highest BCUT2D eigenvalue weighted by Gasteiger charge is 2.68. The summed E-state index contributed by atoms with van der Waals surface area (Å²) in [6.07, 6.45) is -12.9. The number of rotatable bonds is 6. The van der Waals surface area contributed by atoms with Crippen molar-refractivity contribution in [2.24, 2.45) is 5.41 Å². The van der Waals surface area contributed by atoms with Crippen molar-refractivity contribution in [3.63, 3.8) is 0 Å². The molecule has 0 aliphatic rings. The van der Waals surface area contributed by atoms with E-state index in [1.165, 1.54) is 20.8 Å². The van der Waals surface area contributed by atoms with Crippen LogP contribution in [0.25, 0.3) is 0 Å². The van der Waals surface area contributed by atoms with Gasteiger partial charge in [-0.1, -0.05) is 20.4 Å². The highest BCUT2D eigenvalue weighted by Crippen LogP contribution is 2.41. The van der Waals surface area contributed by atoms with Crippen LogP contribution in [0.5, 0.6) is 0 Å². The van der Waals surface area contributed by atoms with E-state index in [9.17, 15) is 41.0 Å². The largest absolute Gasteiger partial charge is 0.828 e. The molecular weight excluding hydrogens is 350 g/mol. The van der Waals surface area contributed by atoms with Gasteiger partial charge in [0.25, 0.3) is 0 Å². The molecule has 0 rings (SSSR count). The lowest BCUT2D eigenvalue weighted by Gasteiger charge is -2.40. The van der Waals surface area contributed by atoms with Gasteiger partial charge in [0.2, 0.25) is 0 Å². The van der Waals surface area contributed by atoms with Crippen LogP contribution in [0.2, 0.25) is 0 Å². The van der Waals surface area contributed by atoms with E-state index in [2.05, 4.69) is 16.1 Å². The van der Waals surface area contributed by atoms with Crippen molar-refractivity contribution in [2.45, 2.75) is 38.7 Å². The van der Waals surface area contributed by atoms with Gasteiger partial charge in [0.05, 0.1) is 13.2 Å². The van der Waals surface area contributed by atoms with Crippen LogP contribution < -0.4 is 5.11 Å². The molecule has 0 aliphatic heterocycles. The Hall–Kier alpha value is -1.78. The molecule has 11 heteroatoms. The minimum absolute atomic E-state index is 0.00973. The van der Waals surface area contributed by atoms with Gasteiger partial charge in [-0.2, -0.15) is 26.3 Å². The van der Waals surface area contributed by atoms with Crippen LogP contribution in [0.1, 0.15) is 20.8 Å². The van der Waals surface area contributed by atoms with Gasteiger partial charge in [0, 0.05) is 11.0 Å². The number of esters is 2. The van der Waals surface area contributed by atoms with E-state index in [0.29, 0.717) is 0 Å². The monoisotopic (exact) mass is 365 g/mol. The Bertz CT molecular complexity index is 492. The van der Waals surface area contributed by atoms with Crippen LogP contribution in [-0.2, 0) is 19.1 Å². The Morgan fingerprint density at radius 2 is 1.33 bits per heavy atom. The maximum absolute atomic E-state index is 12.4. The van der Waals surface area contributed by atoms with Crippen molar-refractivity contribution in [3.8, 4) is 0 Å². The second kappa shape index (κ2) is 6.99. The van der Waals surface area contributed by atoms with Crippen molar-refractivity contribution < 1.29 is 50.5 Å². The van der Waals surface area contributed by atoms with Crippen LogP contribution in [0.4, 0.5) is 26.3 Å². The molecule has 5 nitrogen and oxygen atoms in total. The van der Waals surface area contributed by atoms with E-state index >= 15 is 0 Å². The molecule has 0 saturated carbocycles. The minimum atomic E-state index is -6.43. The Kier molecular flexibility index (Phi) is 6.48. The first-order chi connectivity index (χ1) is 10.5. The molecule has 0 aromatic carbocycles. The normalized spacial score (nSPS) is 13.4. The van der Waals surface area contributed by atoms with Crippen molar-refractivity contribution in [1.82, 2.24) is 0 Å². The molecule has 140 valence electrons. The Labute approximate surface area is 133 Å². The average Bonchev–Trinajstić information content (AvgIpc) is 2.38. The molecule has 0 radical (unpaired) electrons.